The van der Waals surface area contributed by atoms with Gasteiger partial charge in [0.15, 0.2) is 4.80 Å². The largest absolute Gasteiger partial charge is 0.321 e. The number of carbonyl (C=O) groups excluding carboxylic acids is 1. The Morgan fingerprint density at radius 2 is 1.84 bits per heavy atom. The molecule has 25 heavy (non-hydrogen) atoms. The molecule has 0 saturated heterocycles. The number of hydrogen-bond acceptors (Lipinski definition) is 2. The quantitative estimate of drug-likeness (QED) is 0.551. The van der Waals surface area contributed by atoms with Crippen LogP contribution in [0, 0.1) is 37.0 Å². The van der Waals surface area contributed by atoms with Crippen molar-refractivity contribution in [3.8, 4) is 0 Å². The smallest absolute Gasteiger partial charge is 0.254 e. The zero-order valence-electron chi connectivity index (χ0n) is 15.6. The average molecular weight is 359 g/mol. The second-order valence-corrected chi connectivity index (χ2v) is 9.91. The van der Waals surface area contributed by atoms with Crippen LogP contribution in [-0.4, -0.2) is 10.5 Å². The van der Waals surface area contributed by atoms with E-state index in [2.05, 4.69) is 25.0 Å². The minimum atomic E-state index is -0.126. The van der Waals surface area contributed by atoms with Crippen LogP contribution in [0.4, 0.5) is 0 Å². The Hall–Kier alpha value is -1.16. The first-order valence-corrected chi connectivity index (χ1v) is 10.7. The van der Waals surface area contributed by atoms with Gasteiger partial charge < -0.3 is 4.57 Å². The molecule has 0 spiro atoms. The number of amides is 1. The van der Waals surface area contributed by atoms with Gasteiger partial charge in [-0.15, -0.1) is 17.9 Å². The molecule has 1 heterocycles. The molecular formula is C21H30N2OS. The van der Waals surface area contributed by atoms with Gasteiger partial charge in [0.25, 0.3) is 5.91 Å². The van der Waals surface area contributed by atoms with E-state index in [0.717, 1.165) is 61.2 Å². The number of rotatable bonds is 5. The molecule has 4 fully saturated rings. The Bertz CT molecular complexity index is 719. The molecule has 136 valence electrons. The predicted molar refractivity (Wildman–Crippen MR) is 102 cm³/mol. The highest BCUT2D eigenvalue weighted by Gasteiger charge is 2.54. The van der Waals surface area contributed by atoms with Crippen molar-refractivity contribution in [1.82, 2.24) is 4.57 Å². The monoisotopic (exact) mass is 358 g/mol. The van der Waals surface area contributed by atoms with E-state index < -0.39 is 0 Å². The first-order chi connectivity index (χ1) is 12.0. The molecule has 1 amide bonds. The molecule has 4 heteroatoms. The minimum absolute atomic E-state index is 0.126. The van der Waals surface area contributed by atoms with Gasteiger partial charge >= 0.3 is 0 Å². The van der Waals surface area contributed by atoms with Crippen LogP contribution < -0.4 is 4.80 Å². The van der Waals surface area contributed by atoms with E-state index in [1.807, 2.05) is 6.08 Å². The maximum atomic E-state index is 13.3. The summed E-state index contributed by atoms with van der Waals surface area (Å²) in [6, 6.07) is 0. The molecule has 4 saturated carbocycles. The zero-order valence-corrected chi connectivity index (χ0v) is 16.4. The van der Waals surface area contributed by atoms with Gasteiger partial charge in [-0.1, -0.05) is 6.08 Å². The summed E-state index contributed by atoms with van der Waals surface area (Å²) < 4.78 is 2.25. The number of aryl methyl sites for hydroxylation is 1. The number of hydrogen-bond donors (Lipinski definition) is 0. The van der Waals surface area contributed by atoms with E-state index in [-0.39, 0.29) is 11.3 Å². The standard InChI is InChI=1S/C21H30N2OS/c1-4-5-6-7-23-14(2)15(3)25-20(23)22-19(24)21-11-16-8-17(12-21)10-18(9-16)13-21/h4,16-18H,1,5-13H2,2-3H3/b22-20-. The molecule has 4 bridgehead atoms. The Morgan fingerprint density at radius 3 is 2.40 bits per heavy atom. The average Bonchev–Trinajstić information content (AvgIpc) is 2.81. The summed E-state index contributed by atoms with van der Waals surface area (Å²) in [4.78, 5) is 20.2. The maximum Gasteiger partial charge on any atom is 0.254 e. The third-order valence-corrected chi connectivity index (χ3v) is 7.96. The Labute approximate surface area is 154 Å². The second kappa shape index (κ2) is 6.53. The SMILES string of the molecule is C=CCCCn1c(C)c(C)s/c1=N\C(=O)C12CC3CC(CC(C3)C1)C2. The topological polar surface area (TPSA) is 34.4 Å². The molecule has 5 rings (SSSR count). The molecule has 1 aromatic rings. The van der Waals surface area contributed by atoms with Crippen LogP contribution in [0.1, 0.15) is 61.9 Å². The van der Waals surface area contributed by atoms with Gasteiger partial charge in [-0.3, -0.25) is 4.79 Å². The molecule has 0 radical (unpaired) electrons. The number of thiazole rings is 1. The van der Waals surface area contributed by atoms with Crippen LogP contribution in [0.3, 0.4) is 0 Å². The summed E-state index contributed by atoms with van der Waals surface area (Å²) in [7, 11) is 0. The Kier molecular flexibility index (Phi) is 4.51. The Morgan fingerprint density at radius 1 is 1.24 bits per heavy atom. The van der Waals surface area contributed by atoms with Crippen LogP contribution in [-0.2, 0) is 11.3 Å². The van der Waals surface area contributed by atoms with Gasteiger partial charge in [0.1, 0.15) is 0 Å². The minimum Gasteiger partial charge on any atom is -0.321 e. The van der Waals surface area contributed by atoms with Crippen molar-refractivity contribution in [2.24, 2.45) is 28.2 Å². The van der Waals surface area contributed by atoms with E-state index in [1.54, 1.807) is 11.3 Å². The van der Waals surface area contributed by atoms with Crippen molar-refractivity contribution in [2.75, 3.05) is 0 Å². The lowest BCUT2D eigenvalue weighted by Crippen LogP contribution is -2.50. The molecule has 0 N–H and O–H groups in total. The van der Waals surface area contributed by atoms with Gasteiger partial charge in [0, 0.05) is 17.1 Å². The normalized spacial score (nSPS) is 33.8. The molecule has 0 aliphatic heterocycles. The van der Waals surface area contributed by atoms with Crippen molar-refractivity contribution in [3.05, 3.63) is 28.0 Å². The van der Waals surface area contributed by atoms with E-state index in [9.17, 15) is 4.79 Å². The van der Waals surface area contributed by atoms with Gasteiger partial charge in [0.2, 0.25) is 0 Å². The van der Waals surface area contributed by atoms with Crippen molar-refractivity contribution in [2.45, 2.75) is 71.8 Å². The van der Waals surface area contributed by atoms with Gasteiger partial charge in [-0.2, -0.15) is 4.99 Å². The van der Waals surface area contributed by atoms with Gasteiger partial charge in [-0.25, -0.2) is 0 Å². The van der Waals surface area contributed by atoms with Gasteiger partial charge in [-0.05, 0) is 83.0 Å². The third kappa shape index (κ3) is 3.07. The molecule has 0 unspecified atom stereocenters. The third-order valence-electron chi connectivity index (χ3n) is 6.87. The summed E-state index contributed by atoms with van der Waals surface area (Å²) in [5.41, 5.74) is 1.13. The Balaban J connectivity index is 1.63. The van der Waals surface area contributed by atoms with Crippen molar-refractivity contribution in [1.29, 1.82) is 0 Å². The van der Waals surface area contributed by atoms with E-state index in [4.69, 9.17) is 4.99 Å². The molecule has 4 aliphatic rings. The number of allylic oxidation sites excluding steroid dienone is 1. The van der Waals surface area contributed by atoms with Crippen molar-refractivity contribution < 1.29 is 4.79 Å². The zero-order chi connectivity index (χ0) is 17.6. The van der Waals surface area contributed by atoms with Crippen LogP contribution in [0.2, 0.25) is 0 Å². The highest BCUT2D eigenvalue weighted by molar-refractivity contribution is 7.09. The van der Waals surface area contributed by atoms with Crippen LogP contribution in [0.15, 0.2) is 17.6 Å². The fraction of sp³-hybridized carbons (Fsp3) is 0.714. The first kappa shape index (κ1) is 17.3. The lowest BCUT2D eigenvalue weighted by atomic mass is 9.49. The van der Waals surface area contributed by atoms with Crippen molar-refractivity contribution >= 4 is 17.2 Å². The number of nitrogens with zero attached hydrogens (tertiary/aromatic N) is 2. The molecule has 3 nitrogen and oxygen atoms in total. The number of carbonyl (C=O) groups is 1. The van der Waals surface area contributed by atoms with Gasteiger partial charge in [0.05, 0.1) is 5.41 Å². The van der Waals surface area contributed by atoms with Crippen LogP contribution >= 0.6 is 11.3 Å². The fourth-order valence-electron chi connectivity index (χ4n) is 5.92. The van der Waals surface area contributed by atoms with Crippen LogP contribution in [0.5, 0.6) is 0 Å². The summed E-state index contributed by atoms with van der Waals surface area (Å²) in [5, 5.41) is 0. The van der Waals surface area contributed by atoms with E-state index in [0.29, 0.717) is 0 Å². The summed E-state index contributed by atoms with van der Waals surface area (Å²) in [6.07, 6.45) is 11.4. The number of aromatic nitrogens is 1. The molecule has 0 atom stereocenters. The first-order valence-electron chi connectivity index (χ1n) is 9.87. The highest BCUT2D eigenvalue weighted by atomic mass is 32.1. The molecule has 0 aromatic carbocycles. The van der Waals surface area contributed by atoms with E-state index >= 15 is 0 Å². The fourth-order valence-corrected chi connectivity index (χ4v) is 6.92. The highest BCUT2D eigenvalue weighted by Crippen LogP contribution is 2.60. The lowest BCUT2D eigenvalue weighted by molar-refractivity contribution is -0.142. The molecular weight excluding hydrogens is 328 g/mol. The second-order valence-electron chi connectivity index (χ2n) is 8.72. The number of unbranched alkanes of at least 4 members (excludes halogenated alkanes) is 1. The van der Waals surface area contributed by atoms with Crippen molar-refractivity contribution in [3.63, 3.8) is 0 Å². The maximum absolute atomic E-state index is 13.3. The van der Waals surface area contributed by atoms with Crippen LogP contribution in [0.25, 0.3) is 0 Å². The molecule has 4 aliphatic carbocycles. The lowest BCUT2D eigenvalue weighted by Gasteiger charge is -2.55. The summed E-state index contributed by atoms with van der Waals surface area (Å²) in [6.45, 7) is 9.02. The van der Waals surface area contributed by atoms with E-state index in [1.165, 1.54) is 29.8 Å². The predicted octanol–water partition coefficient (Wildman–Crippen LogP) is 4.78. The molecule has 1 aromatic heterocycles. The summed E-state index contributed by atoms with van der Waals surface area (Å²) in [5.74, 6) is 2.55. The summed E-state index contributed by atoms with van der Waals surface area (Å²) >= 11 is 1.68.